The second-order valence-electron chi connectivity index (χ2n) is 3.77. The van der Waals surface area contributed by atoms with Crippen LogP contribution in [-0.4, -0.2) is 37.2 Å². The average Bonchev–Trinajstić information content (AvgIpc) is 2.34. The number of anilines is 1. The SMILES string of the molecule is O=C(Nc1c(Cl)cc(Cl)cc1Cl)N1CCOCC1. The third-order valence-corrected chi connectivity index (χ3v) is 3.35. The average molecular weight is 310 g/mol. The van der Waals surface area contributed by atoms with E-state index in [0.29, 0.717) is 47.1 Å². The van der Waals surface area contributed by atoms with Crippen molar-refractivity contribution in [1.82, 2.24) is 4.90 Å². The molecular formula is C11H11Cl3N2O2. The Bertz CT molecular complexity index is 439. The molecule has 98 valence electrons. The van der Waals surface area contributed by atoms with Crippen molar-refractivity contribution in [2.75, 3.05) is 31.6 Å². The monoisotopic (exact) mass is 308 g/mol. The fourth-order valence-electron chi connectivity index (χ4n) is 1.61. The van der Waals surface area contributed by atoms with Gasteiger partial charge in [0.05, 0.1) is 28.9 Å². The third-order valence-electron chi connectivity index (χ3n) is 2.54. The molecule has 1 aliphatic rings. The smallest absolute Gasteiger partial charge is 0.322 e. The van der Waals surface area contributed by atoms with E-state index in [2.05, 4.69) is 5.32 Å². The number of nitrogens with one attached hydrogen (secondary N) is 1. The molecular weight excluding hydrogens is 298 g/mol. The summed E-state index contributed by atoms with van der Waals surface area (Å²) in [6.45, 7) is 2.17. The minimum absolute atomic E-state index is 0.246. The lowest BCUT2D eigenvalue weighted by Gasteiger charge is -2.27. The lowest BCUT2D eigenvalue weighted by atomic mass is 10.3. The van der Waals surface area contributed by atoms with Crippen LogP contribution in [0.15, 0.2) is 12.1 Å². The van der Waals surface area contributed by atoms with E-state index in [9.17, 15) is 4.79 Å². The van der Waals surface area contributed by atoms with Gasteiger partial charge in [0.1, 0.15) is 0 Å². The maximum atomic E-state index is 12.0. The Morgan fingerprint density at radius 1 is 1.17 bits per heavy atom. The fourth-order valence-corrected chi connectivity index (χ4v) is 2.53. The van der Waals surface area contributed by atoms with Crippen LogP contribution in [0.3, 0.4) is 0 Å². The summed E-state index contributed by atoms with van der Waals surface area (Å²) in [5.41, 5.74) is 0.374. The summed E-state index contributed by atoms with van der Waals surface area (Å²) in [6, 6.07) is 2.82. The number of nitrogens with zero attached hydrogens (tertiary/aromatic N) is 1. The van der Waals surface area contributed by atoms with Crippen LogP contribution in [0.1, 0.15) is 0 Å². The summed E-state index contributed by atoms with van der Waals surface area (Å²) in [4.78, 5) is 13.6. The molecule has 0 aromatic heterocycles. The van der Waals surface area contributed by atoms with Gasteiger partial charge in [-0.2, -0.15) is 0 Å². The zero-order valence-electron chi connectivity index (χ0n) is 9.38. The first-order valence-corrected chi connectivity index (χ1v) is 6.49. The highest BCUT2D eigenvalue weighted by Gasteiger charge is 2.19. The molecule has 2 rings (SSSR count). The van der Waals surface area contributed by atoms with E-state index >= 15 is 0 Å². The molecule has 0 radical (unpaired) electrons. The summed E-state index contributed by atoms with van der Waals surface area (Å²) in [7, 11) is 0. The molecule has 18 heavy (non-hydrogen) atoms. The lowest BCUT2D eigenvalue weighted by Crippen LogP contribution is -2.43. The Balaban J connectivity index is 2.11. The van der Waals surface area contributed by atoms with Gasteiger partial charge in [0.15, 0.2) is 0 Å². The summed E-state index contributed by atoms with van der Waals surface area (Å²) in [5.74, 6) is 0. The summed E-state index contributed by atoms with van der Waals surface area (Å²) in [6.07, 6.45) is 0. The van der Waals surface area contributed by atoms with E-state index in [4.69, 9.17) is 39.5 Å². The predicted molar refractivity (Wildman–Crippen MR) is 72.9 cm³/mol. The number of urea groups is 1. The number of carbonyl (C=O) groups is 1. The molecule has 1 aromatic rings. The fraction of sp³-hybridized carbons (Fsp3) is 0.364. The molecule has 0 saturated carbocycles. The van der Waals surface area contributed by atoms with Crippen molar-refractivity contribution >= 4 is 46.5 Å². The van der Waals surface area contributed by atoms with Crippen LogP contribution in [0.5, 0.6) is 0 Å². The van der Waals surface area contributed by atoms with Crippen LogP contribution < -0.4 is 5.32 Å². The topological polar surface area (TPSA) is 41.6 Å². The van der Waals surface area contributed by atoms with E-state index in [0.717, 1.165) is 0 Å². The van der Waals surface area contributed by atoms with Gasteiger partial charge in [-0.25, -0.2) is 4.79 Å². The van der Waals surface area contributed by atoms with Gasteiger partial charge in [0.2, 0.25) is 0 Å². The number of rotatable bonds is 1. The molecule has 1 fully saturated rings. The number of morpholine rings is 1. The number of carbonyl (C=O) groups excluding carboxylic acids is 1. The van der Waals surface area contributed by atoms with Gasteiger partial charge in [0, 0.05) is 18.1 Å². The van der Waals surface area contributed by atoms with Gasteiger partial charge >= 0.3 is 6.03 Å². The molecule has 4 nitrogen and oxygen atoms in total. The molecule has 0 spiro atoms. The number of halogens is 3. The molecule has 1 heterocycles. The summed E-state index contributed by atoms with van der Waals surface area (Å²) >= 11 is 17.8. The number of benzene rings is 1. The van der Waals surface area contributed by atoms with E-state index in [1.807, 2.05) is 0 Å². The van der Waals surface area contributed by atoms with Crippen LogP contribution >= 0.6 is 34.8 Å². The first-order valence-electron chi connectivity index (χ1n) is 5.36. The van der Waals surface area contributed by atoms with Crippen LogP contribution in [0.2, 0.25) is 15.1 Å². The molecule has 1 N–H and O–H groups in total. The quantitative estimate of drug-likeness (QED) is 0.862. The van der Waals surface area contributed by atoms with Crippen molar-refractivity contribution < 1.29 is 9.53 Å². The van der Waals surface area contributed by atoms with Gasteiger partial charge in [-0.15, -0.1) is 0 Å². The van der Waals surface area contributed by atoms with Crippen molar-refractivity contribution in [3.05, 3.63) is 27.2 Å². The molecule has 0 bridgehead atoms. The van der Waals surface area contributed by atoms with Crippen LogP contribution in [0.4, 0.5) is 10.5 Å². The van der Waals surface area contributed by atoms with Crippen LogP contribution in [0, 0.1) is 0 Å². The Hall–Kier alpha value is -0.680. The van der Waals surface area contributed by atoms with Crippen molar-refractivity contribution in [3.8, 4) is 0 Å². The zero-order valence-corrected chi connectivity index (χ0v) is 11.6. The summed E-state index contributed by atoms with van der Waals surface area (Å²) < 4.78 is 5.17. The van der Waals surface area contributed by atoms with Crippen molar-refractivity contribution in [2.45, 2.75) is 0 Å². The largest absolute Gasteiger partial charge is 0.378 e. The molecule has 1 aliphatic heterocycles. The highest BCUT2D eigenvalue weighted by atomic mass is 35.5. The van der Waals surface area contributed by atoms with Gasteiger partial charge in [0.25, 0.3) is 0 Å². The van der Waals surface area contributed by atoms with E-state index in [1.54, 1.807) is 4.90 Å². The standard InChI is InChI=1S/C11H11Cl3N2O2/c12-7-5-8(13)10(9(14)6-7)15-11(17)16-1-3-18-4-2-16/h5-6H,1-4H2,(H,15,17). The maximum Gasteiger partial charge on any atom is 0.322 e. The zero-order chi connectivity index (χ0) is 13.1. The number of amides is 2. The molecule has 2 amide bonds. The molecule has 0 aliphatic carbocycles. The molecule has 0 unspecified atom stereocenters. The second-order valence-corrected chi connectivity index (χ2v) is 5.02. The lowest BCUT2D eigenvalue weighted by molar-refractivity contribution is 0.0564. The minimum Gasteiger partial charge on any atom is -0.378 e. The second kappa shape index (κ2) is 5.97. The number of hydrogen-bond donors (Lipinski definition) is 1. The van der Waals surface area contributed by atoms with Crippen LogP contribution in [0.25, 0.3) is 0 Å². The number of ether oxygens (including phenoxy) is 1. The van der Waals surface area contributed by atoms with Gasteiger partial charge in [-0.3, -0.25) is 0 Å². The van der Waals surface area contributed by atoms with E-state index in [1.165, 1.54) is 12.1 Å². The summed E-state index contributed by atoms with van der Waals surface area (Å²) in [5, 5.41) is 3.74. The maximum absolute atomic E-state index is 12.0. The minimum atomic E-state index is -0.246. The Labute approximate surface area is 120 Å². The van der Waals surface area contributed by atoms with E-state index < -0.39 is 0 Å². The van der Waals surface area contributed by atoms with Gasteiger partial charge in [-0.1, -0.05) is 34.8 Å². The normalized spacial score (nSPS) is 15.6. The van der Waals surface area contributed by atoms with Gasteiger partial charge in [-0.05, 0) is 12.1 Å². The predicted octanol–water partition coefficient (Wildman–Crippen LogP) is 3.51. The Morgan fingerprint density at radius 3 is 2.28 bits per heavy atom. The highest BCUT2D eigenvalue weighted by Crippen LogP contribution is 2.33. The van der Waals surface area contributed by atoms with Gasteiger partial charge < -0.3 is 15.0 Å². The molecule has 1 aromatic carbocycles. The first kappa shape index (κ1) is 13.7. The Morgan fingerprint density at radius 2 is 1.72 bits per heavy atom. The third kappa shape index (κ3) is 3.20. The highest BCUT2D eigenvalue weighted by molar-refractivity contribution is 6.42. The molecule has 1 saturated heterocycles. The molecule has 0 atom stereocenters. The van der Waals surface area contributed by atoms with Crippen molar-refractivity contribution in [3.63, 3.8) is 0 Å². The van der Waals surface area contributed by atoms with Crippen molar-refractivity contribution in [2.24, 2.45) is 0 Å². The number of hydrogen-bond acceptors (Lipinski definition) is 2. The van der Waals surface area contributed by atoms with Crippen molar-refractivity contribution in [1.29, 1.82) is 0 Å². The molecule has 7 heteroatoms. The Kier molecular flexibility index (Phi) is 4.56. The first-order chi connectivity index (χ1) is 8.58. The van der Waals surface area contributed by atoms with E-state index in [-0.39, 0.29) is 6.03 Å². The van der Waals surface area contributed by atoms with Crippen LogP contribution in [-0.2, 0) is 4.74 Å².